The molecule has 1 fully saturated rings. The topological polar surface area (TPSA) is 52.6 Å². The SMILES string of the molecule is CC(CN1CCCCC1)NC(=O)Cc1cccc(O)c1. The van der Waals surface area contributed by atoms with E-state index in [1.807, 2.05) is 6.07 Å². The summed E-state index contributed by atoms with van der Waals surface area (Å²) < 4.78 is 0. The molecule has 4 heteroatoms. The lowest BCUT2D eigenvalue weighted by Crippen LogP contribution is -2.44. The Labute approximate surface area is 120 Å². The molecule has 1 aliphatic rings. The first kappa shape index (κ1) is 14.9. The van der Waals surface area contributed by atoms with Crippen LogP contribution in [0.3, 0.4) is 0 Å². The van der Waals surface area contributed by atoms with Crippen LogP contribution in [0.4, 0.5) is 0 Å². The van der Waals surface area contributed by atoms with Crippen molar-refractivity contribution in [2.75, 3.05) is 19.6 Å². The van der Waals surface area contributed by atoms with E-state index < -0.39 is 0 Å². The summed E-state index contributed by atoms with van der Waals surface area (Å²) in [7, 11) is 0. The van der Waals surface area contributed by atoms with Gasteiger partial charge in [-0.3, -0.25) is 4.79 Å². The number of carbonyl (C=O) groups excluding carboxylic acids is 1. The van der Waals surface area contributed by atoms with Gasteiger partial charge in [-0.1, -0.05) is 18.6 Å². The number of carbonyl (C=O) groups is 1. The maximum atomic E-state index is 12.0. The van der Waals surface area contributed by atoms with Crippen molar-refractivity contribution in [2.45, 2.75) is 38.6 Å². The van der Waals surface area contributed by atoms with Crippen LogP contribution < -0.4 is 5.32 Å². The normalized spacial score (nSPS) is 17.6. The van der Waals surface area contributed by atoms with Gasteiger partial charge in [-0.2, -0.15) is 0 Å². The molecule has 0 bridgehead atoms. The van der Waals surface area contributed by atoms with E-state index in [2.05, 4.69) is 17.1 Å². The van der Waals surface area contributed by atoms with Gasteiger partial charge in [-0.15, -0.1) is 0 Å². The second-order valence-electron chi connectivity index (χ2n) is 5.68. The first-order valence-electron chi connectivity index (χ1n) is 7.43. The summed E-state index contributed by atoms with van der Waals surface area (Å²) in [5, 5.41) is 12.4. The van der Waals surface area contributed by atoms with Crippen molar-refractivity contribution < 1.29 is 9.90 Å². The van der Waals surface area contributed by atoms with E-state index in [-0.39, 0.29) is 17.7 Å². The molecule has 1 saturated heterocycles. The predicted octanol–water partition coefficient (Wildman–Crippen LogP) is 1.93. The minimum atomic E-state index is 0.0140. The van der Waals surface area contributed by atoms with Gasteiger partial charge in [0.1, 0.15) is 5.75 Å². The Bertz CT molecular complexity index is 442. The summed E-state index contributed by atoms with van der Waals surface area (Å²) in [4.78, 5) is 14.4. The van der Waals surface area contributed by atoms with Crippen molar-refractivity contribution in [3.63, 3.8) is 0 Å². The third kappa shape index (κ3) is 4.85. The van der Waals surface area contributed by atoms with E-state index in [4.69, 9.17) is 0 Å². The van der Waals surface area contributed by atoms with Gasteiger partial charge in [0, 0.05) is 12.6 Å². The number of hydrogen-bond acceptors (Lipinski definition) is 3. The summed E-state index contributed by atoms with van der Waals surface area (Å²) in [6, 6.07) is 7.02. The summed E-state index contributed by atoms with van der Waals surface area (Å²) in [5.74, 6) is 0.219. The fourth-order valence-electron chi connectivity index (χ4n) is 2.75. The Morgan fingerprint density at radius 3 is 2.80 bits per heavy atom. The second kappa shape index (κ2) is 7.29. The highest BCUT2D eigenvalue weighted by Crippen LogP contribution is 2.12. The van der Waals surface area contributed by atoms with Crippen molar-refractivity contribution >= 4 is 5.91 Å². The highest BCUT2D eigenvalue weighted by atomic mass is 16.3. The molecule has 1 unspecified atom stereocenters. The number of piperidine rings is 1. The molecular formula is C16H24N2O2. The number of hydrogen-bond donors (Lipinski definition) is 2. The van der Waals surface area contributed by atoms with Crippen molar-refractivity contribution in [3.05, 3.63) is 29.8 Å². The Morgan fingerprint density at radius 2 is 2.10 bits per heavy atom. The predicted molar refractivity (Wildman–Crippen MR) is 79.7 cm³/mol. The number of phenolic OH excluding ortho intramolecular Hbond substituents is 1. The molecule has 0 aliphatic carbocycles. The third-order valence-electron chi connectivity index (χ3n) is 3.66. The molecule has 2 rings (SSSR count). The summed E-state index contributed by atoms with van der Waals surface area (Å²) in [6.07, 6.45) is 4.18. The van der Waals surface area contributed by atoms with Gasteiger partial charge in [0.15, 0.2) is 0 Å². The van der Waals surface area contributed by atoms with Crippen LogP contribution in [0.2, 0.25) is 0 Å². The van der Waals surface area contributed by atoms with Crippen LogP contribution in [0.1, 0.15) is 31.7 Å². The number of nitrogens with one attached hydrogen (secondary N) is 1. The molecular weight excluding hydrogens is 252 g/mol. The molecule has 1 heterocycles. The van der Waals surface area contributed by atoms with Crippen molar-refractivity contribution in [1.29, 1.82) is 0 Å². The Morgan fingerprint density at radius 1 is 1.35 bits per heavy atom. The minimum absolute atomic E-state index is 0.0140. The van der Waals surface area contributed by atoms with E-state index in [1.165, 1.54) is 19.3 Å². The molecule has 1 aromatic carbocycles. The number of rotatable bonds is 5. The molecule has 0 aromatic heterocycles. The molecule has 0 radical (unpaired) electrons. The smallest absolute Gasteiger partial charge is 0.224 e. The third-order valence-corrected chi connectivity index (χ3v) is 3.66. The van der Waals surface area contributed by atoms with Crippen LogP contribution in [0, 0.1) is 0 Å². The number of phenols is 1. The average Bonchev–Trinajstić information content (AvgIpc) is 2.39. The van der Waals surface area contributed by atoms with Crippen LogP contribution in [0.15, 0.2) is 24.3 Å². The first-order valence-corrected chi connectivity index (χ1v) is 7.43. The lowest BCUT2D eigenvalue weighted by molar-refractivity contribution is -0.121. The van der Waals surface area contributed by atoms with Crippen LogP contribution >= 0.6 is 0 Å². The minimum Gasteiger partial charge on any atom is -0.508 e. The summed E-state index contributed by atoms with van der Waals surface area (Å²) >= 11 is 0. The lowest BCUT2D eigenvalue weighted by atomic mass is 10.1. The molecule has 110 valence electrons. The average molecular weight is 276 g/mol. The molecule has 1 aliphatic heterocycles. The quantitative estimate of drug-likeness (QED) is 0.864. The van der Waals surface area contributed by atoms with Gasteiger partial charge in [-0.05, 0) is 50.6 Å². The van der Waals surface area contributed by atoms with Crippen LogP contribution in [0.25, 0.3) is 0 Å². The molecule has 2 N–H and O–H groups in total. The zero-order valence-electron chi connectivity index (χ0n) is 12.1. The van der Waals surface area contributed by atoms with Crippen LogP contribution in [-0.2, 0) is 11.2 Å². The second-order valence-corrected chi connectivity index (χ2v) is 5.68. The number of nitrogens with zero attached hydrogens (tertiary/aromatic N) is 1. The van der Waals surface area contributed by atoms with E-state index in [0.29, 0.717) is 6.42 Å². The molecule has 0 saturated carbocycles. The monoisotopic (exact) mass is 276 g/mol. The highest BCUT2D eigenvalue weighted by molar-refractivity contribution is 5.78. The fraction of sp³-hybridized carbons (Fsp3) is 0.562. The fourth-order valence-corrected chi connectivity index (χ4v) is 2.75. The van der Waals surface area contributed by atoms with Crippen molar-refractivity contribution in [2.24, 2.45) is 0 Å². The lowest BCUT2D eigenvalue weighted by Gasteiger charge is -2.29. The van der Waals surface area contributed by atoms with Crippen LogP contribution in [-0.4, -0.2) is 41.6 Å². The Hall–Kier alpha value is -1.55. The molecule has 1 amide bonds. The molecule has 1 atom stereocenters. The van der Waals surface area contributed by atoms with Gasteiger partial charge in [0.05, 0.1) is 6.42 Å². The van der Waals surface area contributed by atoms with Gasteiger partial charge in [0.25, 0.3) is 0 Å². The molecule has 4 nitrogen and oxygen atoms in total. The zero-order valence-corrected chi connectivity index (χ0v) is 12.1. The van der Waals surface area contributed by atoms with E-state index in [0.717, 1.165) is 25.2 Å². The van der Waals surface area contributed by atoms with Gasteiger partial charge in [-0.25, -0.2) is 0 Å². The maximum absolute atomic E-state index is 12.0. The number of aromatic hydroxyl groups is 1. The van der Waals surface area contributed by atoms with Gasteiger partial charge >= 0.3 is 0 Å². The Kier molecular flexibility index (Phi) is 5.41. The van der Waals surface area contributed by atoms with E-state index >= 15 is 0 Å². The van der Waals surface area contributed by atoms with E-state index in [1.54, 1.807) is 18.2 Å². The Balaban J connectivity index is 1.75. The molecule has 20 heavy (non-hydrogen) atoms. The van der Waals surface area contributed by atoms with Gasteiger partial charge < -0.3 is 15.3 Å². The number of benzene rings is 1. The highest BCUT2D eigenvalue weighted by Gasteiger charge is 2.15. The largest absolute Gasteiger partial charge is 0.508 e. The maximum Gasteiger partial charge on any atom is 0.224 e. The molecule has 0 spiro atoms. The summed E-state index contributed by atoms with van der Waals surface area (Å²) in [5.41, 5.74) is 0.840. The molecule has 1 aromatic rings. The van der Waals surface area contributed by atoms with E-state index in [9.17, 15) is 9.90 Å². The zero-order chi connectivity index (χ0) is 14.4. The number of likely N-dealkylation sites (tertiary alicyclic amines) is 1. The van der Waals surface area contributed by atoms with Crippen molar-refractivity contribution in [3.8, 4) is 5.75 Å². The van der Waals surface area contributed by atoms with Gasteiger partial charge in [0.2, 0.25) is 5.91 Å². The first-order chi connectivity index (χ1) is 9.63. The summed E-state index contributed by atoms with van der Waals surface area (Å²) in [6.45, 7) is 5.26. The van der Waals surface area contributed by atoms with Crippen molar-refractivity contribution in [1.82, 2.24) is 10.2 Å². The number of amides is 1. The van der Waals surface area contributed by atoms with Crippen LogP contribution in [0.5, 0.6) is 5.75 Å². The standard InChI is InChI=1S/C16H24N2O2/c1-13(12-18-8-3-2-4-9-18)17-16(20)11-14-6-5-7-15(19)10-14/h5-7,10,13,19H,2-4,8-9,11-12H2,1H3,(H,17,20).